The van der Waals surface area contributed by atoms with Gasteiger partial charge in [0.15, 0.2) is 0 Å². The Morgan fingerprint density at radius 1 is 1.26 bits per heavy atom. The average Bonchev–Trinajstić information content (AvgIpc) is 3.05. The lowest BCUT2D eigenvalue weighted by molar-refractivity contribution is 0.0416. The molecular formula is C18H29NO4. The summed E-state index contributed by atoms with van der Waals surface area (Å²) in [7, 11) is 1.86. The standard InChI is InChI=1S/C18H29NO4/c1-19(10-11-20)12-16(21)14-23-18-9-5-2-6-15(18)13-22-17-7-3-4-8-17/h2,5-6,9,16-17,20-21H,3-4,7-8,10-14H2,1H3. The van der Waals surface area contributed by atoms with Crippen molar-refractivity contribution in [2.24, 2.45) is 0 Å². The Balaban J connectivity index is 1.79. The van der Waals surface area contributed by atoms with Crippen molar-refractivity contribution in [1.82, 2.24) is 4.90 Å². The van der Waals surface area contributed by atoms with Crippen LogP contribution in [-0.4, -0.2) is 60.7 Å². The second-order valence-electron chi connectivity index (χ2n) is 6.28. The van der Waals surface area contributed by atoms with Gasteiger partial charge in [-0.05, 0) is 26.0 Å². The number of hydrogen-bond acceptors (Lipinski definition) is 5. The molecule has 0 bridgehead atoms. The highest BCUT2D eigenvalue weighted by molar-refractivity contribution is 5.32. The molecule has 2 N–H and O–H groups in total. The summed E-state index contributed by atoms with van der Waals surface area (Å²) in [4.78, 5) is 1.88. The Morgan fingerprint density at radius 2 is 2.00 bits per heavy atom. The molecule has 1 aliphatic carbocycles. The summed E-state index contributed by atoms with van der Waals surface area (Å²) in [5.41, 5.74) is 1.02. The van der Waals surface area contributed by atoms with E-state index in [1.165, 1.54) is 12.8 Å². The van der Waals surface area contributed by atoms with E-state index in [0.717, 1.165) is 24.2 Å². The lowest BCUT2D eigenvalue weighted by Gasteiger charge is -2.20. The molecule has 2 rings (SSSR count). The van der Waals surface area contributed by atoms with Crippen molar-refractivity contribution in [1.29, 1.82) is 0 Å². The summed E-state index contributed by atoms with van der Waals surface area (Å²) >= 11 is 0. The van der Waals surface area contributed by atoms with Gasteiger partial charge in [-0.2, -0.15) is 0 Å². The number of hydrogen-bond donors (Lipinski definition) is 2. The molecule has 0 heterocycles. The summed E-state index contributed by atoms with van der Waals surface area (Å²) in [6, 6.07) is 7.83. The highest BCUT2D eigenvalue weighted by Crippen LogP contribution is 2.25. The van der Waals surface area contributed by atoms with Gasteiger partial charge in [-0.3, -0.25) is 0 Å². The van der Waals surface area contributed by atoms with E-state index in [9.17, 15) is 5.11 Å². The lowest BCUT2D eigenvalue weighted by Crippen LogP contribution is -2.34. The van der Waals surface area contributed by atoms with E-state index < -0.39 is 6.10 Å². The third-order valence-electron chi connectivity index (χ3n) is 4.18. The molecular weight excluding hydrogens is 294 g/mol. The molecule has 1 aromatic rings. The minimum Gasteiger partial charge on any atom is -0.490 e. The molecule has 1 aliphatic rings. The number of ether oxygens (including phenoxy) is 2. The van der Waals surface area contributed by atoms with Crippen LogP contribution >= 0.6 is 0 Å². The first kappa shape index (κ1) is 18.2. The zero-order valence-corrected chi connectivity index (χ0v) is 14.0. The molecule has 5 nitrogen and oxygen atoms in total. The molecule has 130 valence electrons. The van der Waals surface area contributed by atoms with E-state index in [1.807, 2.05) is 36.2 Å². The molecule has 0 saturated heterocycles. The third kappa shape index (κ3) is 6.47. The molecule has 1 saturated carbocycles. The van der Waals surface area contributed by atoms with E-state index in [2.05, 4.69) is 0 Å². The largest absolute Gasteiger partial charge is 0.490 e. The van der Waals surface area contributed by atoms with E-state index in [1.54, 1.807) is 0 Å². The number of benzene rings is 1. The number of aliphatic hydroxyl groups is 2. The SMILES string of the molecule is CN(CCO)CC(O)COc1ccccc1COC1CCCC1. The number of rotatable bonds is 10. The van der Waals surface area contributed by atoms with Gasteiger partial charge in [-0.25, -0.2) is 0 Å². The minimum atomic E-state index is -0.588. The first-order valence-corrected chi connectivity index (χ1v) is 8.49. The van der Waals surface area contributed by atoms with Gasteiger partial charge >= 0.3 is 0 Å². The normalized spacial score (nSPS) is 16.9. The maximum atomic E-state index is 10.0. The van der Waals surface area contributed by atoms with Crippen LogP contribution in [0.25, 0.3) is 0 Å². The zero-order valence-electron chi connectivity index (χ0n) is 14.0. The van der Waals surface area contributed by atoms with Crippen LogP contribution in [0.1, 0.15) is 31.2 Å². The first-order valence-electron chi connectivity index (χ1n) is 8.49. The van der Waals surface area contributed by atoms with Crippen molar-refractivity contribution in [3.05, 3.63) is 29.8 Å². The molecule has 0 amide bonds. The van der Waals surface area contributed by atoms with Crippen LogP contribution in [0.3, 0.4) is 0 Å². The molecule has 0 radical (unpaired) electrons. The third-order valence-corrected chi connectivity index (χ3v) is 4.18. The van der Waals surface area contributed by atoms with Gasteiger partial charge in [0, 0.05) is 18.7 Å². The van der Waals surface area contributed by atoms with Crippen LogP contribution in [0, 0.1) is 0 Å². The fraction of sp³-hybridized carbons (Fsp3) is 0.667. The first-order chi connectivity index (χ1) is 11.2. The number of para-hydroxylation sites is 1. The van der Waals surface area contributed by atoms with Crippen LogP contribution in [-0.2, 0) is 11.3 Å². The molecule has 5 heteroatoms. The molecule has 1 aromatic carbocycles. The summed E-state index contributed by atoms with van der Waals surface area (Å²) in [5.74, 6) is 0.773. The molecule has 1 atom stereocenters. The number of nitrogens with zero attached hydrogens (tertiary/aromatic N) is 1. The molecule has 0 aliphatic heterocycles. The van der Waals surface area contributed by atoms with E-state index >= 15 is 0 Å². The smallest absolute Gasteiger partial charge is 0.124 e. The molecule has 0 spiro atoms. The summed E-state index contributed by atoms with van der Waals surface area (Å²) < 4.78 is 11.7. The molecule has 1 unspecified atom stereocenters. The van der Waals surface area contributed by atoms with E-state index in [0.29, 0.717) is 25.8 Å². The van der Waals surface area contributed by atoms with Gasteiger partial charge in [0.1, 0.15) is 18.5 Å². The van der Waals surface area contributed by atoms with Gasteiger partial charge in [0.25, 0.3) is 0 Å². The minimum absolute atomic E-state index is 0.0887. The fourth-order valence-corrected chi connectivity index (χ4v) is 2.89. The predicted octanol–water partition coefficient (Wildman–Crippen LogP) is 1.81. The Hall–Kier alpha value is -1.14. The second-order valence-corrected chi connectivity index (χ2v) is 6.28. The topological polar surface area (TPSA) is 62.2 Å². The maximum Gasteiger partial charge on any atom is 0.124 e. The lowest BCUT2D eigenvalue weighted by atomic mass is 10.2. The Bertz CT molecular complexity index is 448. The summed E-state index contributed by atoms with van der Waals surface area (Å²) in [6.07, 6.45) is 4.61. The van der Waals surface area contributed by atoms with Gasteiger partial charge < -0.3 is 24.6 Å². The second kappa shape index (κ2) is 9.88. The van der Waals surface area contributed by atoms with Crippen LogP contribution in [0.2, 0.25) is 0 Å². The van der Waals surface area contributed by atoms with Crippen LogP contribution < -0.4 is 4.74 Å². The van der Waals surface area contributed by atoms with Crippen molar-refractivity contribution in [3.8, 4) is 5.75 Å². The summed E-state index contributed by atoms with van der Waals surface area (Å²) in [6.45, 7) is 1.90. The highest BCUT2D eigenvalue weighted by atomic mass is 16.5. The van der Waals surface area contributed by atoms with Crippen LogP contribution in [0.15, 0.2) is 24.3 Å². The number of likely N-dealkylation sites (N-methyl/N-ethyl adjacent to an activating group) is 1. The van der Waals surface area contributed by atoms with Crippen molar-refractivity contribution in [3.63, 3.8) is 0 Å². The van der Waals surface area contributed by atoms with Crippen LogP contribution in [0.5, 0.6) is 5.75 Å². The number of aliphatic hydroxyl groups excluding tert-OH is 2. The van der Waals surface area contributed by atoms with Crippen molar-refractivity contribution >= 4 is 0 Å². The highest BCUT2D eigenvalue weighted by Gasteiger charge is 2.16. The van der Waals surface area contributed by atoms with Gasteiger partial charge in [0.05, 0.1) is 19.3 Å². The van der Waals surface area contributed by atoms with Crippen molar-refractivity contribution in [2.75, 3.05) is 33.4 Å². The fourth-order valence-electron chi connectivity index (χ4n) is 2.89. The summed E-state index contributed by atoms with van der Waals surface area (Å²) in [5, 5.41) is 18.9. The molecule has 23 heavy (non-hydrogen) atoms. The predicted molar refractivity (Wildman–Crippen MR) is 89.6 cm³/mol. The van der Waals surface area contributed by atoms with Crippen LogP contribution in [0.4, 0.5) is 0 Å². The Labute approximate surface area is 138 Å². The molecule has 0 aromatic heterocycles. The van der Waals surface area contributed by atoms with E-state index in [-0.39, 0.29) is 13.2 Å². The Kier molecular flexibility index (Phi) is 7.82. The van der Waals surface area contributed by atoms with Gasteiger partial charge in [0.2, 0.25) is 0 Å². The van der Waals surface area contributed by atoms with E-state index in [4.69, 9.17) is 14.6 Å². The Morgan fingerprint density at radius 3 is 2.74 bits per heavy atom. The average molecular weight is 323 g/mol. The monoisotopic (exact) mass is 323 g/mol. The zero-order chi connectivity index (χ0) is 16.5. The van der Waals surface area contributed by atoms with Gasteiger partial charge in [-0.15, -0.1) is 0 Å². The van der Waals surface area contributed by atoms with Crippen molar-refractivity contribution < 1.29 is 19.7 Å². The van der Waals surface area contributed by atoms with Gasteiger partial charge in [-0.1, -0.05) is 31.0 Å². The maximum absolute atomic E-state index is 10.0. The quantitative estimate of drug-likeness (QED) is 0.688. The molecule has 1 fully saturated rings. The van der Waals surface area contributed by atoms with Crippen molar-refractivity contribution in [2.45, 2.75) is 44.5 Å².